The lowest BCUT2D eigenvalue weighted by Crippen LogP contribution is -2.32. The van der Waals surface area contributed by atoms with Crippen LogP contribution < -0.4 is 10.1 Å². The maximum Gasteiger partial charge on any atom is 0.326 e. The molecule has 2 N–H and O–H groups in total. The van der Waals surface area contributed by atoms with Crippen molar-refractivity contribution >= 4 is 11.9 Å². The molecular formula is C19H30N2O6. The van der Waals surface area contributed by atoms with E-state index in [9.17, 15) is 9.59 Å². The van der Waals surface area contributed by atoms with Crippen molar-refractivity contribution in [3.63, 3.8) is 0 Å². The Bertz CT molecular complexity index is 620. The Hall–Kier alpha value is -2.19. The highest BCUT2D eigenvalue weighted by Gasteiger charge is 2.26. The minimum atomic E-state index is -0.944. The van der Waals surface area contributed by atoms with E-state index in [2.05, 4.69) is 10.3 Å². The molecule has 8 nitrogen and oxygen atoms in total. The largest absolute Gasteiger partial charge is 0.492 e. The van der Waals surface area contributed by atoms with Crippen LogP contribution in [0.4, 0.5) is 0 Å². The van der Waals surface area contributed by atoms with E-state index in [4.69, 9.17) is 19.3 Å². The summed E-state index contributed by atoms with van der Waals surface area (Å²) >= 11 is 0. The van der Waals surface area contributed by atoms with E-state index in [1.807, 2.05) is 33.9 Å². The molecule has 1 atom stereocenters. The molecule has 2 rings (SSSR count). The predicted octanol–water partition coefficient (Wildman–Crippen LogP) is 2.21. The van der Waals surface area contributed by atoms with Gasteiger partial charge in [0.1, 0.15) is 11.8 Å². The van der Waals surface area contributed by atoms with Crippen LogP contribution in [0.15, 0.2) is 6.20 Å². The number of rotatable bonds is 9. The number of carboxylic acid groups (broad SMARTS) is 1. The Kier molecular flexibility index (Phi) is 10.4. The molecule has 8 heteroatoms. The number of nitrogens with zero attached hydrogens (tertiary/aromatic N) is 1. The summed E-state index contributed by atoms with van der Waals surface area (Å²) in [5.74, 6) is -0.272. The Morgan fingerprint density at radius 3 is 2.37 bits per heavy atom. The van der Waals surface area contributed by atoms with Gasteiger partial charge in [0.2, 0.25) is 5.91 Å². The number of aryl methyl sites for hydroxylation is 1. The Labute approximate surface area is 160 Å². The van der Waals surface area contributed by atoms with Gasteiger partial charge in [0.25, 0.3) is 0 Å². The normalized spacial score (nSPS) is 15.7. The second-order valence-corrected chi connectivity index (χ2v) is 5.88. The second-order valence-electron chi connectivity index (χ2n) is 5.88. The van der Waals surface area contributed by atoms with Gasteiger partial charge in [0.05, 0.1) is 25.5 Å². The van der Waals surface area contributed by atoms with Crippen LogP contribution in [-0.4, -0.2) is 47.8 Å². The van der Waals surface area contributed by atoms with Gasteiger partial charge in [0, 0.05) is 37.0 Å². The maximum atomic E-state index is 10.4. The number of nitrogens with one attached hydrogen (secondary N) is 1. The molecule has 1 aromatic rings. The number of ether oxygens (including phenoxy) is 3. The lowest BCUT2D eigenvalue weighted by Gasteiger charge is -2.16. The summed E-state index contributed by atoms with van der Waals surface area (Å²) in [6, 6.07) is -0.641. The highest BCUT2D eigenvalue weighted by atomic mass is 16.5. The summed E-state index contributed by atoms with van der Waals surface area (Å²) in [4.78, 5) is 24.9. The van der Waals surface area contributed by atoms with Crippen LogP contribution in [-0.2, 0) is 32.3 Å². The molecule has 1 aliphatic heterocycles. The van der Waals surface area contributed by atoms with Gasteiger partial charge in [0.15, 0.2) is 0 Å². The summed E-state index contributed by atoms with van der Waals surface area (Å²) in [5.41, 5.74) is 2.99. The van der Waals surface area contributed by atoms with Crippen molar-refractivity contribution in [2.75, 3.05) is 19.8 Å². The Morgan fingerprint density at radius 1 is 1.22 bits per heavy atom. The molecule has 0 saturated carbocycles. The highest BCUT2D eigenvalue weighted by molar-refractivity contribution is 5.87. The van der Waals surface area contributed by atoms with Crippen LogP contribution in [0, 0.1) is 6.92 Å². The molecule has 1 aromatic heterocycles. The zero-order valence-electron chi connectivity index (χ0n) is 16.5. The Balaban J connectivity index is 0.000000337. The van der Waals surface area contributed by atoms with Crippen LogP contribution in [0.3, 0.4) is 0 Å². The van der Waals surface area contributed by atoms with Crippen LogP contribution in [0.1, 0.15) is 50.4 Å². The minimum Gasteiger partial charge on any atom is -0.492 e. The van der Waals surface area contributed by atoms with Gasteiger partial charge < -0.3 is 24.6 Å². The number of hydrogen-bond donors (Lipinski definition) is 2. The number of amides is 1. The zero-order valence-corrected chi connectivity index (χ0v) is 16.5. The van der Waals surface area contributed by atoms with Crippen LogP contribution in [0.5, 0.6) is 5.75 Å². The molecule has 0 spiro atoms. The number of carboxylic acids is 1. The monoisotopic (exact) mass is 382 g/mol. The second kappa shape index (κ2) is 12.2. The first-order valence-electron chi connectivity index (χ1n) is 9.22. The fraction of sp³-hybridized carbons (Fsp3) is 0.632. The third-order valence-electron chi connectivity index (χ3n) is 3.90. The average Bonchev–Trinajstić information content (AvgIpc) is 3.08. The summed E-state index contributed by atoms with van der Waals surface area (Å²) < 4.78 is 16.7. The van der Waals surface area contributed by atoms with Gasteiger partial charge in [-0.1, -0.05) is 0 Å². The molecule has 1 amide bonds. The summed E-state index contributed by atoms with van der Waals surface area (Å²) in [7, 11) is 0. The van der Waals surface area contributed by atoms with Crippen molar-refractivity contribution in [1.82, 2.24) is 10.3 Å². The van der Waals surface area contributed by atoms with E-state index in [-0.39, 0.29) is 5.91 Å². The molecule has 0 aliphatic carbocycles. The van der Waals surface area contributed by atoms with E-state index in [1.54, 1.807) is 0 Å². The first-order chi connectivity index (χ1) is 12.9. The van der Waals surface area contributed by atoms with Crippen molar-refractivity contribution in [3.05, 3.63) is 23.0 Å². The van der Waals surface area contributed by atoms with Gasteiger partial charge in [-0.2, -0.15) is 0 Å². The maximum absolute atomic E-state index is 10.4. The van der Waals surface area contributed by atoms with Gasteiger partial charge in [-0.05, 0) is 34.1 Å². The Morgan fingerprint density at radius 2 is 1.89 bits per heavy atom. The van der Waals surface area contributed by atoms with Crippen LogP contribution in [0.2, 0.25) is 0 Å². The fourth-order valence-electron chi connectivity index (χ4n) is 2.51. The van der Waals surface area contributed by atoms with E-state index in [0.717, 1.165) is 22.6 Å². The van der Waals surface area contributed by atoms with Crippen molar-refractivity contribution in [1.29, 1.82) is 0 Å². The van der Waals surface area contributed by atoms with Crippen LogP contribution >= 0.6 is 0 Å². The summed E-state index contributed by atoms with van der Waals surface area (Å²) in [6.07, 6.45) is 2.62. The number of carbonyl (C=O) groups is 2. The quantitative estimate of drug-likeness (QED) is 0.674. The molecule has 0 radical (unpaired) electrons. The minimum absolute atomic E-state index is 0.164. The molecule has 0 aromatic carbocycles. The molecule has 152 valence electrons. The van der Waals surface area contributed by atoms with E-state index >= 15 is 0 Å². The van der Waals surface area contributed by atoms with E-state index < -0.39 is 12.0 Å². The number of carbonyl (C=O) groups excluding carboxylic acids is 1. The molecule has 1 fully saturated rings. The standard InChI is InChI=1S/C14H23NO3.C5H7NO3/c1-5-16-9-12-8-15-11(4)14(18-7-3)13(12)10-17-6-2;7-4-2-1-3(6-4)5(8)9/h8H,5-7,9-10H2,1-4H3;3H,1-2H2,(H,6,7)(H,8,9)/t;3-/m.0/s1. The molecule has 0 unspecified atom stereocenters. The molecule has 0 bridgehead atoms. The van der Waals surface area contributed by atoms with Crippen LogP contribution in [0.25, 0.3) is 0 Å². The molecule has 1 saturated heterocycles. The third kappa shape index (κ3) is 7.52. The van der Waals surface area contributed by atoms with Gasteiger partial charge in [-0.15, -0.1) is 0 Å². The molecule has 27 heavy (non-hydrogen) atoms. The highest BCUT2D eigenvalue weighted by Crippen LogP contribution is 2.26. The summed E-state index contributed by atoms with van der Waals surface area (Å²) in [5, 5.41) is 10.6. The molecule has 2 heterocycles. The lowest BCUT2D eigenvalue weighted by molar-refractivity contribution is -0.140. The van der Waals surface area contributed by atoms with Crippen molar-refractivity contribution < 1.29 is 28.9 Å². The SMILES string of the molecule is CCOCc1cnc(C)c(OCC)c1COCC.O=C1CC[C@@H](C(=O)O)N1. The topological polar surface area (TPSA) is 107 Å². The predicted molar refractivity (Wildman–Crippen MR) is 99.6 cm³/mol. The van der Waals surface area contributed by atoms with E-state index in [0.29, 0.717) is 45.9 Å². The number of pyridine rings is 1. The number of aliphatic carboxylic acids is 1. The number of aromatic nitrogens is 1. The third-order valence-corrected chi connectivity index (χ3v) is 3.90. The van der Waals surface area contributed by atoms with Gasteiger partial charge >= 0.3 is 5.97 Å². The first-order valence-corrected chi connectivity index (χ1v) is 9.22. The van der Waals surface area contributed by atoms with Crippen molar-refractivity contribution in [2.45, 2.75) is 59.8 Å². The summed E-state index contributed by atoms with van der Waals surface area (Å²) in [6.45, 7) is 11.0. The van der Waals surface area contributed by atoms with Gasteiger partial charge in [-0.25, -0.2) is 4.79 Å². The zero-order chi connectivity index (χ0) is 20.2. The first kappa shape index (κ1) is 22.9. The molecular weight excluding hydrogens is 352 g/mol. The molecule has 1 aliphatic rings. The van der Waals surface area contributed by atoms with Crippen molar-refractivity contribution in [3.8, 4) is 5.75 Å². The lowest BCUT2D eigenvalue weighted by atomic mass is 10.1. The smallest absolute Gasteiger partial charge is 0.326 e. The van der Waals surface area contributed by atoms with E-state index in [1.165, 1.54) is 0 Å². The number of hydrogen-bond acceptors (Lipinski definition) is 6. The fourth-order valence-corrected chi connectivity index (χ4v) is 2.51. The average molecular weight is 382 g/mol. The van der Waals surface area contributed by atoms with Gasteiger partial charge in [-0.3, -0.25) is 9.78 Å². The van der Waals surface area contributed by atoms with Crippen molar-refractivity contribution in [2.24, 2.45) is 0 Å².